The number of carboxylic acids is 1. The summed E-state index contributed by atoms with van der Waals surface area (Å²) >= 11 is 0. The molecule has 1 unspecified atom stereocenters. The van der Waals surface area contributed by atoms with E-state index in [1.54, 1.807) is 18.1 Å². The minimum absolute atomic E-state index is 0.0726. The molecule has 3 N–H and O–H groups in total. The number of nitrogens with one attached hydrogen (secondary N) is 2. The maximum Gasteiger partial charge on any atom is 0.305 e. The zero-order valence-corrected chi connectivity index (χ0v) is 25.1. The molecule has 4 rings (SSSR count). The highest BCUT2D eigenvalue weighted by molar-refractivity contribution is 5.80. The number of hydrogen-bond donors (Lipinski definition) is 3. The number of amides is 2. The summed E-state index contributed by atoms with van der Waals surface area (Å²) < 4.78 is 30.9. The van der Waals surface area contributed by atoms with E-state index in [-0.39, 0.29) is 12.1 Å². The number of imidazole rings is 1. The van der Waals surface area contributed by atoms with Gasteiger partial charge in [0.1, 0.15) is 5.82 Å². The van der Waals surface area contributed by atoms with Gasteiger partial charge in [-0.1, -0.05) is 39.0 Å². The maximum absolute atomic E-state index is 14.5. The van der Waals surface area contributed by atoms with Crippen LogP contribution in [0.4, 0.5) is 8.78 Å². The van der Waals surface area contributed by atoms with Gasteiger partial charge in [-0.15, -0.1) is 0 Å². The smallest absolute Gasteiger partial charge is 0.305 e. The van der Waals surface area contributed by atoms with Crippen molar-refractivity contribution in [2.75, 3.05) is 20.1 Å². The van der Waals surface area contributed by atoms with E-state index < -0.39 is 36.0 Å². The summed E-state index contributed by atoms with van der Waals surface area (Å²) in [5, 5.41) is 14.2. The fraction of sp³-hybridized carbons (Fsp3) is 0.419. The van der Waals surface area contributed by atoms with E-state index >= 15 is 0 Å². The first-order chi connectivity index (χ1) is 19.9. The van der Waals surface area contributed by atoms with Crippen LogP contribution in [0.2, 0.25) is 0 Å². The second kappa shape index (κ2) is 16.4. The third-order valence-electron chi connectivity index (χ3n) is 6.18. The van der Waals surface area contributed by atoms with Crippen LogP contribution in [0, 0.1) is 31.4 Å². The summed E-state index contributed by atoms with van der Waals surface area (Å²) in [5.41, 5.74) is 2.73. The van der Waals surface area contributed by atoms with E-state index in [4.69, 9.17) is 5.11 Å². The van der Waals surface area contributed by atoms with Gasteiger partial charge >= 0.3 is 5.97 Å². The molecule has 1 atom stereocenters. The number of aryl methyl sites for hydroxylation is 2. The Balaban J connectivity index is 0.000000334. The topological polar surface area (TPSA) is 117 Å². The van der Waals surface area contributed by atoms with Crippen molar-refractivity contribution in [2.24, 2.45) is 5.92 Å². The Bertz CT molecular complexity index is 1340. The molecule has 0 spiro atoms. The number of aromatic nitrogens is 2. The lowest BCUT2D eigenvalue weighted by molar-refractivity contribution is -0.137. The molecule has 228 valence electrons. The Morgan fingerprint density at radius 3 is 2.33 bits per heavy atom. The Morgan fingerprint density at radius 2 is 1.76 bits per heavy atom. The van der Waals surface area contributed by atoms with Crippen LogP contribution < -0.4 is 10.6 Å². The van der Waals surface area contributed by atoms with Gasteiger partial charge in [0.05, 0.1) is 25.6 Å². The molecule has 1 aliphatic heterocycles. The van der Waals surface area contributed by atoms with Gasteiger partial charge in [-0.05, 0) is 61.2 Å². The zero-order chi connectivity index (χ0) is 31.4. The van der Waals surface area contributed by atoms with Gasteiger partial charge in [0, 0.05) is 31.0 Å². The monoisotopic (exact) mass is 585 g/mol. The molecule has 2 amide bonds. The number of carboxylic acid groups (broad SMARTS) is 1. The van der Waals surface area contributed by atoms with Crippen LogP contribution >= 0.6 is 0 Å². The highest BCUT2D eigenvalue weighted by Crippen LogP contribution is 2.32. The second-order valence-electron chi connectivity index (χ2n) is 10.7. The fourth-order valence-electron chi connectivity index (χ4n) is 4.38. The van der Waals surface area contributed by atoms with E-state index in [2.05, 4.69) is 41.0 Å². The predicted molar refractivity (Wildman–Crippen MR) is 158 cm³/mol. The number of aliphatic carboxylic acids is 1. The highest BCUT2D eigenvalue weighted by Gasteiger charge is 2.25. The number of halogens is 2. The largest absolute Gasteiger partial charge is 0.481 e. The lowest BCUT2D eigenvalue weighted by Gasteiger charge is -2.23. The molecule has 0 radical (unpaired) electrons. The quantitative estimate of drug-likeness (QED) is 0.333. The van der Waals surface area contributed by atoms with Crippen molar-refractivity contribution in [3.05, 3.63) is 76.9 Å². The van der Waals surface area contributed by atoms with Crippen LogP contribution in [0.25, 0.3) is 11.1 Å². The Kier molecular flexibility index (Phi) is 13.3. The third kappa shape index (κ3) is 10.1. The van der Waals surface area contributed by atoms with Crippen molar-refractivity contribution in [1.29, 1.82) is 0 Å². The van der Waals surface area contributed by atoms with Crippen molar-refractivity contribution in [1.82, 2.24) is 25.1 Å². The van der Waals surface area contributed by atoms with Gasteiger partial charge in [-0.3, -0.25) is 14.4 Å². The molecule has 11 heteroatoms. The fourth-order valence-corrected chi connectivity index (χ4v) is 4.38. The number of hydrogen-bond acceptors (Lipinski definition) is 5. The lowest BCUT2D eigenvalue weighted by atomic mass is 9.92. The molecule has 0 aliphatic carbocycles. The minimum atomic E-state index is -1.23. The molecule has 0 saturated carbocycles. The van der Waals surface area contributed by atoms with E-state index in [0.717, 1.165) is 54.0 Å². The molecule has 2 aromatic carbocycles. The number of fused-ring (bicyclic) bond motifs is 1. The van der Waals surface area contributed by atoms with Crippen molar-refractivity contribution in [3.63, 3.8) is 0 Å². The lowest BCUT2D eigenvalue weighted by Crippen LogP contribution is -2.36. The molecule has 0 fully saturated rings. The van der Waals surface area contributed by atoms with Gasteiger partial charge in [0.15, 0.2) is 11.6 Å². The average Bonchev–Trinajstić information content (AvgIpc) is 3.38. The molecule has 2 heterocycles. The Morgan fingerprint density at radius 1 is 1.12 bits per heavy atom. The molecular weight excluding hydrogens is 544 g/mol. The normalized spacial score (nSPS) is 12.7. The first-order valence-corrected chi connectivity index (χ1v) is 13.8. The van der Waals surface area contributed by atoms with Gasteiger partial charge in [0.2, 0.25) is 12.3 Å². The number of carbonyl (C=O) groups is 3. The van der Waals surface area contributed by atoms with Crippen molar-refractivity contribution in [3.8, 4) is 11.1 Å². The summed E-state index contributed by atoms with van der Waals surface area (Å²) in [6, 6.07) is 6.87. The summed E-state index contributed by atoms with van der Waals surface area (Å²) in [4.78, 5) is 39.3. The average molecular weight is 586 g/mol. The summed E-state index contributed by atoms with van der Waals surface area (Å²) in [6.07, 6.45) is 4.02. The van der Waals surface area contributed by atoms with Crippen molar-refractivity contribution in [2.45, 2.75) is 60.2 Å². The van der Waals surface area contributed by atoms with Gasteiger partial charge < -0.3 is 25.2 Å². The Hall–Kier alpha value is -4.12. The number of likely N-dealkylation sites (N-methyl/N-ethyl adjacent to an activating group) is 1. The van der Waals surface area contributed by atoms with Crippen molar-refractivity contribution < 1.29 is 28.3 Å². The molecule has 0 saturated heterocycles. The minimum Gasteiger partial charge on any atom is -0.481 e. The molecule has 3 aromatic rings. The van der Waals surface area contributed by atoms with E-state index in [9.17, 15) is 23.2 Å². The Labute approximate surface area is 245 Å². The number of nitrogens with zero attached hydrogens (tertiary/aromatic N) is 3. The van der Waals surface area contributed by atoms with Crippen molar-refractivity contribution >= 4 is 18.3 Å². The molecule has 9 nitrogen and oxygen atoms in total. The maximum atomic E-state index is 14.5. The number of benzene rings is 2. The van der Waals surface area contributed by atoms with Gasteiger partial charge in [-0.2, -0.15) is 0 Å². The molecule has 42 heavy (non-hydrogen) atoms. The number of rotatable bonds is 8. The predicted octanol–water partition coefficient (Wildman–Crippen LogP) is 4.62. The van der Waals surface area contributed by atoms with Crippen LogP contribution in [0.1, 0.15) is 55.7 Å². The van der Waals surface area contributed by atoms with Crippen LogP contribution in [-0.4, -0.2) is 58.0 Å². The van der Waals surface area contributed by atoms with E-state index in [1.165, 1.54) is 6.07 Å². The SMILES string of the molecule is CC(C)C.CNCC(=O)NC(CC(=O)O)c1cc(-c2c(C)cccc2C)cc(F)c1F.O=CN1CCn2ccnc2C1. The van der Waals surface area contributed by atoms with Crippen LogP contribution in [-0.2, 0) is 27.5 Å². The van der Waals surface area contributed by atoms with Crippen LogP contribution in [0.15, 0.2) is 42.7 Å². The summed E-state index contributed by atoms with van der Waals surface area (Å²) in [6.45, 7) is 12.5. The van der Waals surface area contributed by atoms with E-state index in [1.807, 2.05) is 38.2 Å². The van der Waals surface area contributed by atoms with Gasteiger partial charge in [0.25, 0.3) is 0 Å². The first-order valence-electron chi connectivity index (χ1n) is 13.8. The van der Waals surface area contributed by atoms with Crippen LogP contribution in [0.5, 0.6) is 0 Å². The van der Waals surface area contributed by atoms with Gasteiger partial charge in [-0.25, -0.2) is 13.8 Å². The zero-order valence-electron chi connectivity index (χ0n) is 25.1. The summed E-state index contributed by atoms with van der Waals surface area (Å²) in [7, 11) is 1.55. The number of carbonyl (C=O) groups excluding carboxylic acids is 2. The molecule has 1 aliphatic rings. The molecular formula is C31H41F2N5O4. The standard InChI is InChI=1S/C20H22F2N2O3.C7H9N3O.C4H10/c1-11-5-4-6-12(2)19(11)13-7-14(20(22)15(21)8-13)16(9-18(26)27)24-17(25)10-23-3;11-6-9-3-4-10-2-1-8-7(10)5-9;1-4(2)3/h4-8,16,23H,9-10H2,1-3H3,(H,24,25)(H,26,27);1-2,6H,3-5H2;4H,1-3H3. The highest BCUT2D eigenvalue weighted by atomic mass is 19.2. The molecule has 1 aromatic heterocycles. The van der Waals surface area contributed by atoms with E-state index in [0.29, 0.717) is 12.1 Å². The first kappa shape index (κ1) is 34.1. The third-order valence-corrected chi connectivity index (χ3v) is 6.18. The summed E-state index contributed by atoms with van der Waals surface area (Å²) in [5.74, 6) is -2.20. The second-order valence-corrected chi connectivity index (χ2v) is 10.7. The molecule has 0 bridgehead atoms. The van der Waals surface area contributed by atoms with Crippen LogP contribution in [0.3, 0.4) is 0 Å².